The molecule has 0 aromatic carbocycles. The lowest BCUT2D eigenvalue weighted by Crippen LogP contribution is -2.11. The Labute approximate surface area is 56.9 Å². The van der Waals surface area contributed by atoms with Crippen molar-refractivity contribution in [2.75, 3.05) is 0 Å². The molecule has 1 aliphatic rings. The molecule has 0 amide bonds. The van der Waals surface area contributed by atoms with Gasteiger partial charge in [-0.3, -0.25) is 4.57 Å². The largest absolute Gasteiger partial charge is 0.303 e. The number of rotatable bonds is 2. The maximum atomic E-state index is 10.0. The summed E-state index contributed by atoms with van der Waals surface area (Å²) in [5.74, 6) is 0. The van der Waals surface area contributed by atoms with Crippen LogP contribution in [0, 0.1) is 0 Å². The lowest BCUT2D eigenvalue weighted by atomic mass is 9.98. The van der Waals surface area contributed by atoms with Gasteiger partial charge in [0, 0.05) is 0 Å². The van der Waals surface area contributed by atoms with Crippen molar-refractivity contribution in [3.8, 4) is 0 Å². The molecular weight excluding hydrogens is 135 g/mol. The molecule has 53 valence electrons. The quantitative estimate of drug-likeness (QED) is 0.560. The molecule has 0 heterocycles. The van der Waals surface area contributed by atoms with E-state index in [0.29, 0.717) is 6.10 Å². The third kappa shape index (κ3) is 2.42. The molecule has 1 rings (SSSR count). The Balaban J connectivity index is 2.15. The van der Waals surface area contributed by atoms with E-state index >= 15 is 0 Å². The van der Waals surface area contributed by atoms with Crippen LogP contribution in [0.3, 0.4) is 0 Å². The van der Waals surface area contributed by atoms with E-state index in [1.807, 2.05) is 0 Å². The monoisotopic (exact) mass is 147 g/mol. The zero-order valence-electron chi connectivity index (χ0n) is 5.43. The molecule has 9 heavy (non-hydrogen) atoms. The zero-order chi connectivity index (χ0) is 6.53. The average Bonchev–Trinajstić information content (AvgIpc) is 1.91. The van der Waals surface area contributed by atoms with Gasteiger partial charge in [0.15, 0.2) is 8.69 Å². The van der Waals surface area contributed by atoms with Crippen LogP contribution in [-0.2, 0) is 9.09 Å². The second kappa shape index (κ2) is 3.97. The molecule has 0 N–H and O–H groups in total. The molecule has 0 bridgehead atoms. The summed E-state index contributed by atoms with van der Waals surface area (Å²) in [6.07, 6.45) is 6.32. The highest BCUT2D eigenvalue weighted by Crippen LogP contribution is 2.22. The summed E-state index contributed by atoms with van der Waals surface area (Å²) in [6, 6.07) is 0. The average molecular weight is 147 g/mol. The van der Waals surface area contributed by atoms with Crippen LogP contribution in [0.25, 0.3) is 0 Å². The van der Waals surface area contributed by atoms with Gasteiger partial charge in [0.05, 0.1) is 6.10 Å². The molecule has 3 heteroatoms. The topological polar surface area (TPSA) is 26.3 Å². The predicted molar refractivity (Wildman–Crippen MR) is 37.0 cm³/mol. The Morgan fingerprint density at radius 1 is 1.22 bits per heavy atom. The Morgan fingerprint density at radius 2 is 1.89 bits per heavy atom. The van der Waals surface area contributed by atoms with Gasteiger partial charge in [-0.15, -0.1) is 0 Å². The van der Waals surface area contributed by atoms with Crippen molar-refractivity contribution < 1.29 is 9.09 Å². The van der Waals surface area contributed by atoms with E-state index in [4.69, 9.17) is 4.52 Å². The van der Waals surface area contributed by atoms with Gasteiger partial charge in [0.1, 0.15) is 0 Å². The fraction of sp³-hybridized carbons (Fsp3) is 1.00. The Morgan fingerprint density at radius 3 is 2.44 bits per heavy atom. The molecule has 2 nitrogen and oxygen atoms in total. The van der Waals surface area contributed by atoms with E-state index in [9.17, 15) is 4.57 Å². The summed E-state index contributed by atoms with van der Waals surface area (Å²) >= 11 is 0. The summed E-state index contributed by atoms with van der Waals surface area (Å²) in [4.78, 5) is 0. The van der Waals surface area contributed by atoms with Crippen LogP contribution in [0.1, 0.15) is 32.1 Å². The molecule has 1 fully saturated rings. The minimum Gasteiger partial charge on any atom is -0.303 e. The maximum Gasteiger partial charge on any atom is 0.198 e. The molecule has 0 spiro atoms. The van der Waals surface area contributed by atoms with Crippen molar-refractivity contribution in [2.45, 2.75) is 38.2 Å². The minimum atomic E-state index is -0.561. The molecular formula is C6H12O2P. The second-order valence-electron chi connectivity index (χ2n) is 2.46. The third-order valence-corrected chi connectivity index (χ3v) is 2.20. The lowest BCUT2D eigenvalue weighted by Gasteiger charge is -2.17. The van der Waals surface area contributed by atoms with Crippen LogP contribution in [-0.4, -0.2) is 6.10 Å². The zero-order valence-corrected chi connectivity index (χ0v) is 6.43. The summed E-state index contributed by atoms with van der Waals surface area (Å²) in [5.41, 5.74) is 0. The van der Waals surface area contributed by atoms with Gasteiger partial charge in [-0.05, 0) is 12.8 Å². The van der Waals surface area contributed by atoms with Gasteiger partial charge in [-0.25, -0.2) is 0 Å². The lowest BCUT2D eigenvalue weighted by molar-refractivity contribution is 0.172. The first-order chi connectivity index (χ1) is 4.43. The fourth-order valence-corrected chi connectivity index (χ4v) is 1.62. The normalized spacial score (nSPS) is 22.7. The van der Waals surface area contributed by atoms with E-state index in [1.54, 1.807) is 0 Å². The van der Waals surface area contributed by atoms with E-state index < -0.39 is 8.69 Å². The molecule has 1 saturated carbocycles. The Bertz CT molecular complexity index is 89.1. The van der Waals surface area contributed by atoms with Crippen LogP contribution < -0.4 is 0 Å². The Kier molecular flexibility index (Phi) is 3.16. The molecule has 1 radical (unpaired) electrons. The molecule has 0 aliphatic heterocycles. The van der Waals surface area contributed by atoms with Gasteiger partial charge >= 0.3 is 0 Å². The molecule has 0 saturated heterocycles. The van der Waals surface area contributed by atoms with Gasteiger partial charge < -0.3 is 4.52 Å². The SMILES string of the molecule is O=[PH]OC1CCCCC1. The van der Waals surface area contributed by atoms with Gasteiger partial charge in [-0.2, -0.15) is 0 Å². The molecule has 0 aromatic rings. The van der Waals surface area contributed by atoms with Gasteiger partial charge in [-0.1, -0.05) is 19.3 Å². The molecule has 0 aromatic heterocycles. The summed E-state index contributed by atoms with van der Waals surface area (Å²) in [7, 11) is -0.561. The van der Waals surface area contributed by atoms with Gasteiger partial charge in [0.25, 0.3) is 0 Å². The summed E-state index contributed by atoms with van der Waals surface area (Å²) in [6.45, 7) is 0. The first-order valence-corrected chi connectivity index (χ1v) is 4.28. The highest BCUT2D eigenvalue weighted by Gasteiger charge is 2.12. The fourth-order valence-electron chi connectivity index (χ4n) is 1.25. The van der Waals surface area contributed by atoms with Crippen LogP contribution >= 0.6 is 8.69 Å². The van der Waals surface area contributed by atoms with Crippen LogP contribution in [0.4, 0.5) is 0 Å². The van der Waals surface area contributed by atoms with Crippen LogP contribution in [0.15, 0.2) is 0 Å². The first-order valence-electron chi connectivity index (χ1n) is 3.46. The standard InChI is InChI=1S/C6H12O2P/c7-9-8-6-4-2-1-3-5-6/h6,9H,1-5H2. The van der Waals surface area contributed by atoms with Crippen molar-refractivity contribution in [2.24, 2.45) is 0 Å². The van der Waals surface area contributed by atoms with Crippen molar-refractivity contribution in [1.82, 2.24) is 0 Å². The van der Waals surface area contributed by atoms with E-state index in [2.05, 4.69) is 0 Å². The highest BCUT2D eigenvalue weighted by atomic mass is 31.1. The molecule has 1 aliphatic carbocycles. The van der Waals surface area contributed by atoms with E-state index in [0.717, 1.165) is 12.8 Å². The van der Waals surface area contributed by atoms with Crippen LogP contribution in [0.5, 0.6) is 0 Å². The second-order valence-corrected chi connectivity index (χ2v) is 2.86. The van der Waals surface area contributed by atoms with Crippen molar-refractivity contribution in [3.63, 3.8) is 0 Å². The third-order valence-electron chi connectivity index (χ3n) is 1.77. The summed E-state index contributed by atoms with van der Waals surface area (Å²) in [5, 5.41) is 0. The van der Waals surface area contributed by atoms with E-state index in [-0.39, 0.29) is 0 Å². The van der Waals surface area contributed by atoms with Crippen molar-refractivity contribution in [1.29, 1.82) is 0 Å². The van der Waals surface area contributed by atoms with E-state index in [1.165, 1.54) is 19.3 Å². The Hall–Kier alpha value is 0.0600. The maximum absolute atomic E-state index is 10.0. The van der Waals surface area contributed by atoms with Crippen molar-refractivity contribution in [3.05, 3.63) is 0 Å². The predicted octanol–water partition coefficient (Wildman–Crippen LogP) is 2.27. The first kappa shape index (κ1) is 7.17. The molecule has 1 unspecified atom stereocenters. The molecule has 1 atom stereocenters. The number of hydrogen-bond donors (Lipinski definition) is 0. The smallest absolute Gasteiger partial charge is 0.198 e. The van der Waals surface area contributed by atoms with Gasteiger partial charge in [0.2, 0.25) is 0 Å². The summed E-state index contributed by atoms with van der Waals surface area (Å²) < 4.78 is 15.0. The van der Waals surface area contributed by atoms with Crippen molar-refractivity contribution >= 4 is 8.69 Å². The highest BCUT2D eigenvalue weighted by molar-refractivity contribution is 7.17. The van der Waals surface area contributed by atoms with Crippen LogP contribution in [0.2, 0.25) is 0 Å². The number of hydrogen-bond acceptors (Lipinski definition) is 2. The minimum absolute atomic E-state index is 0.301.